The van der Waals surface area contributed by atoms with Crippen molar-refractivity contribution in [3.8, 4) is 0 Å². The average molecular weight is 254 g/mol. The normalized spacial score (nSPS) is 6.82. The molecule has 7 heteroatoms. The molecule has 0 aromatic carbocycles. The third-order valence-corrected chi connectivity index (χ3v) is 1.08. The first-order valence-electron chi connectivity index (χ1n) is 3.77. The maximum Gasteiger partial charge on any atom is 0.507 e. The van der Waals surface area contributed by atoms with E-state index in [-0.39, 0.29) is 21.3 Å². The molecule has 17 heavy (non-hydrogen) atoms. The smallest absolute Gasteiger partial charge is 0.469 e. The predicted octanol–water partition coefficient (Wildman–Crippen LogP) is 1.39. The topological polar surface area (TPSA) is 88.1 Å². The van der Waals surface area contributed by atoms with Crippen LogP contribution < -0.4 is 0 Å². The van der Waals surface area contributed by atoms with Crippen molar-refractivity contribution < 1.29 is 33.3 Å². The van der Waals surface area contributed by atoms with Gasteiger partial charge in [0.1, 0.15) is 6.42 Å². The Bertz CT molecular complexity index is 193. The lowest BCUT2D eigenvalue weighted by Crippen LogP contribution is -2.09. The van der Waals surface area contributed by atoms with E-state index in [9.17, 15) is 14.4 Å². The molecule has 0 aliphatic rings. The molecule has 0 saturated carbocycles. The molecule has 0 atom stereocenters. The highest BCUT2D eigenvalue weighted by Crippen LogP contribution is 1.85. The van der Waals surface area contributed by atoms with Gasteiger partial charge in [-0.1, -0.05) is 14.9 Å². The van der Waals surface area contributed by atoms with E-state index >= 15 is 0 Å². The molecule has 0 spiro atoms. The summed E-state index contributed by atoms with van der Waals surface area (Å²) in [5.41, 5.74) is 0. The molecule has 0 aromatic heterocycles. The summed E-state index contributed by atoms with van der Waals surface area (Å²) in [4.78, 5) is 30.3. The van der Waals surface area contributed by atoms with Crippen LogP contribution in [0.1, 0.15) is 21.3 Å². The van der Waals surface area contributed by atoms with Gasteiger partial charge in [-0.2, -0.15) is 0 Å². The van der Waals surface area contributed by atoms with E-state index in [1.807, 2.05) is 0 Å². The molecule has 0 rings (SSSR count). The summed E-state index contributed by atoms with van der Waals surface area (Å²) < 4.78 is 16.4. The van der Waals surface area contributed by atoms with Gasteiger partial charge in [-0.3, -0.25) is 9.59 Å². The van der Waals surface area contributed by atoms with Crippen LogP contribution >= 0.6 is 0 Å². The molecule has 104 valence electrons. The number of hydrogen-bond donors (Lipinski definition) is 0. The highest BCUT2D eigenvalue weighted by atomic mass is 16.7. The number of ether oxygens (including phenoxy) is 4. The number of hydrogen-bond acceptors (Lipinski definition) is 7. The molecule has 0 N–H and O–H groups in total. The molecule has 0 unspecified atom stereocenters. The molecule has 0 aliphatic heterocycles. The monoisotopic (exact) mass is 254 g/mol. The van der Waals surface area contributed by atoms with Crippen LogP contribution in [0.3, 0.4) is 0 Å². The van der Waals surface area contributed by atoms with E-state index in [0.29, 0.717) is 0 Å². The molecule has 0 aliphatic carbocycles. The molecule has 0 radical (unpaired) electrons. The van der Waals surface area contributed by atoms with Crippen LogP contribution in [0.2, 0.25) is 0 Å². The van der Waals surface area contributed by atoms with Crippen molar-refractivity contribution in [2.75, 3.05) is 28.4 Å². The van der Waals surface area contributed by atoms with E-state index in [4.69, 9.17) is 0 Å². The molecule has 0 aromatic rings. The molecular formula is C10H22O7. The van der Waals surface area contributed by atoms with Crippen LogP contribution in [-0.4, -0.2) is 46.5 Å². The van der Waals surface area contributed by atoms with E-state index in [1.165, 1.54) is 28.4 Å². The quantitative estimate of drug-likeness (QED) is 0.418. The zero-order valence-electron chi connectivity index (χ0n) is 9.06. The first-order valence-corrected chi connectivity index (χ1v) is 3.77. The van der Waals surface area contributed by atoms with Gasteiger partial charge in [-0.25, -0.2) is 4.79 Å². The highest BCUT2D eigenvalue weighted by molar-refractivity contribution is 5.90. The van der Waals surface area contributed by atoms with Crippen LogP contribution in [0.25, 0.3) is 0 Å². The number of methoxy groups -OCH3 is 4. The first kappa shape index (κ1) is 24.4. The van der Waals surface area contributed by atoms with Gasteiger partial charge in [0.2, 0.25) is 0 Å². The summed E-state index contributed by atoms with van der Waals surface area (Å²) in [6.07, 6.45) is -0.970. The Morgan fingerprint density at radius 3 is 1.12 bits per heavy atom. The van der Waals surface area contributed by atoms with Crippen LogP contribution in [-0.2, 0) is 28.5 Å². The molecule has 0 fully saturated rings. The Hall–Kier alpha value is -1.79. The van der Waals surface area contributed by atoms with Gasteiger partial charge in [0.05, 0.1) is 28.4 Å². The van der Waals surface area contributed by atoms with Crippen LogP contribution in [0.5, 0.6) is 0 Å². The summed E-state index contributed by atoms with van der Waals surface area (Å²) in [6, 6.07) is 0. The van der Waals surface area contributed by atoms with E-state index in [0.717, 1.165) is 0 Å². The fourth-order valence-corrected chi connectivity index (χ4v) is 0.346. The lowest BCUT2D eigenvalue weighted by atomic mass is 10.4. The maximum atomic E-state index is 10.3. The summed E-state index contributed by atoms with van der Waals surface area (Å²) >= 11 is 0. The lowest BCUT2D eigenvalue weighted by Gasteiger charge is -1.95. The third-order valence-electron chi connectivity index (χ3n) is 1.08. The molecular weight excluding hydrogens is 232 g/mol. The number of esters is 2. The highest BCUT2D eigenvalue weighted by Gasteiger charge is 2.07. The van der Waals surface area contributed by atoms with Crippen molar-refractivity contribution in [2.45, 2.75) is 21.3 Å². The van der Waals surface area contributed by atoms with Crippen molar-refractivity contribution in [3.05, 3.63) is 0 Å². The first-order chi connectivity index (χ1) is 7.01. The van der Waals surface area contributed by atoms with Gasteiger partial charge in [0.15, 0.2) is 0 Å². The summed E-state index contributed by atoms with van der Waals surface area (Å²) in [5, 5.41) is 0. The Morgan fingerprint density at radius 2 is 1.00 bits per heavy atom. The minimum atomic E-state index is -0.657. The SMILES string of the molecule is C.C.COC(=O)CC(=O)OC.COC(=O)OC. The maximum absolute atomic E-state index is 10.3. The zero-order chi connectivity index (χ0) is 12.3. The van der Waals surface area contributed by atoms with Gasteiger partial charge in [0, 0.05) is 0 Å². The van der Waals surface area contributed by atoms with E-state index < -0.39 is 18.1 Å². The Kier molecular flexibility index (Phi) is 23.9. The standard InChI is InChI=1S/C5H8O4.C3H6O3.2CH4/c1-8-4(6)3-5(7)9-2;1-5-3(4)6-2;;/h3H2,1-2H3;1-2H3;2*1H4. The Morgan fingerprint density at radius 1 is 0.706 bits per heavy atom. The van der Waals surface area contributed by atoms with Crippen LogP contribution in [0.15, 0.2) is 0 Å². The predicted molar refractivity (Wildman–Crippen MR) is 61.5 cm³/mol. The average Bonchev–Trinajstić information content (AvgIpc) is 2.28. The number of carbonyl (C=O) groups is 3. The molecule has 0 amide bonds. The molecule has 0 bridgehead atoms. The van der Waals surface area contributed by atoms with Gasteiger partial charge >= 0.3 is 18.1 Å². The third kappa shape index (κ3) is 20.3. The summed E-state index contributed by atoms with van der Waals surface area (Å²) in [5.74, 6) is -1.16. The summed E-state index contributed by atoms with van der Waals surface area (Å²) in [7, 11) is 4.94. The van der Waals surface area contributed by atoms with Crippen molar-refractivity contribution in [3.63, 3.8) is 0 Å². The van der Waals surface area contributed by atoms with Crippen molar-refractivity contribution in [2.24, 2.45) is 0 Å². The minimum absolute atomic E-state index is 0. The fourth-order valence-electron chi connectivity index (χ4n) is 0.346. The van der Waals surface area contributed by atoms with Crippen molar-refractivity contribution in [1.29, 1.82) is 0 Å². The second-order valence-corrected chi connectivity index (χ2v) is 1.99. The molecule has 7 nitrogen and oxygen atoms in total. The second-order valence-electron chi connectivity index (χ2n) is 1.99. The molecule has 0 heterocycles. The van der Waals surface area contributed by atoms with Gasteiger partial charge in [0.25, 0.3) is 0 Å². The second kappa shape index (κ2) is 16.6. The number of carbonyl (C=O) groups excluding carboxylic acids is 3. The largest absolute Gasteiger partial charge is 0.507 e. The Labute approximate surface area is 102 Å². The Balaban J connectivity index is -0.0000000945. The van der Waals surface area contributed by atoms with Crippen LogP contribution in [0, 0.1) is 0 Å². The number of rotatable bonds is 2. The van der Waals surface area contributed by atoms with E-state index in [2.05, 4.69) is 18.9 Å². The zero-order valence-corrected chi connectivity index (χ0v) is 9.06. The fraction of sp³-hybridized carbons (Fsp3) is 0.700. The van der Waals surface area contributed by atoms with E-state index in [1.54, 1.807) is 0 Å². The lowest BCUT2D eigenvalue weighted by molar-refractivity contribution is -0.151. The van der Waals surface area contributed by atoms with Crippen molar-refractivity contribution >= 4 is 18.1 Å². The minimum Gasteiger partial charge on any atom is -0.469 e. The summed E-state index contributed by atoms with van der Waals surface area (Å²) in [6.45, 7) is 0. The van der Waals surface area contributed by atoms with Crippen LogP contribution in [0.4, 0.5) is 4.79 Å². The van der Waals surface area contributed by atoms with Gasteiger partial charge < -0.3 is 18.9 Å². The van der Waals surface area contributed by atoms with Gasteiger partial charge in [-0.15, -0.1) is 0 Å². The van der Waals surface area contributed by atoms with Gasteiger partial charge in [-0.05, 0) is 0 Å². The molecule has 0 saturated heterocycles. The van der Waals surface area contributed by atoms with Crippen molar-refractivity contribution in [1.82, 2.24) is 0 Å².